The Morgan fingerprint density at radius 2 is 1.63 bits per heavy atom. The molecule has 0 spiro atoms. The van der Waals surface area contributed by atoms with Gasteiger partial charge in [0.15, 0.2) is 0 Å². The van der Waals surface area contributed by atoms with Crippen molar-refractivity contribution in [1.82, 2.24) is 5.32 Å². The van der Waals surface area contributed by atoms with Crippen molar-refractivity contribution in [3.63, 3.8) is 0 Å². The van der Waals surface area contributed by atoms with Crippen LogP contribution in [0.4, 0.5) is 0 Å². The second-order valence-electron chi connectivity index (χ2n) is 7.43. The first kappa shape index (κ1) is 17.7. The van der Waals surface area contributed by atoms with Crippen LogP contribution in [0.25, 0.3) is 0 Å². The highest BCUT2D eigenvalue weighted by atomic mass is 16.6. The molecule has 1 heterocycles. The molecule has 0 aromatic heterocycles. The Balaban J connectivity index is 1.52. The van der Waals surface area contributed by atoms with E-state index in [-0.39, 0.29) is 29.8 Å². The molecular formula is C22H24N2O3. The molecule has 3 N–H and O–H groups in total. The summed E-state index contributed by atoms with van der Waals surface area (Å²) in [6.45, 7) is 0.372. The van der Waals surface area contributed by atoms with Crippen LogP contribution in [-0.2, 0) is 19.9 Å². The molecule has 1 aliphatic carbocycles. The van der Waals surface area contributed by atoms with Crippen molar-refractivity contribution < 1.29 is 14.3 Å². The highest BCUT2D eigenvalue weighted by Gasteiger charge is 2.58. The van der Waals surface area contributed by atoms with Gasteiger partial charge in [0.2, 0.25) is 11.8 Å². The molecule has 140 valence electrons. The quantitative estimate of drug-likeness (QED) is 0.773. The van der Waals surface area contributed by atoms with Gasteiger partial charge in [0.25, 0.3) is 0 Å². The van der Waals surface area contributed by atoms with E-state index in [1.54, 1.807) is 0 Å². The summed E-state index contributed by atoms with van der Waals surface area (Å²) >= 11 is 0. The SMILES string of the molecule is NC(=O)C1CCCC1C(=O)NCC1(c2ccccc2)OC1c1ccccc1. The Bertz CT molecular complexity index is 824. The number of benzene rings is 2. The standard InChI is InChI=1S/C22H24N2O3/c23-20(25)17-12-7-13-18(17)21(26)24-14-22(16-10-5-2-6-11-16)19(27-22)15-8-3-1-4-9-15/h1-6,8-11,17-19H,7,12-14H2,(H2,23,25)(H,24,26). The lowest BCUT2D eigenvalue weighted by atomic mass is 9.90. The van der Waals surface area contributed by atoms with Crippen molar-refractivity contribution in [3.8, 4) is 0 Å². The first-order valence-corrected chi connectivity index (χ1v) is 9.47. The zero-order chi connectivity index (χ0) is 18.9. The summed E-state index contributed by atoms with van der Waals surface area (Å²) in [6.07, 6.45) is 2.16. The summed E-state index contributed by atoms with van der Waals surface area (Å²) in [5.74, 6) is -1.17. The van der Waals surface area contributed by atoms with E-state index in [0.29, 0.717) is 19.4 Å². The first-order valence-electron chi connectivity index (χ1n) is 9.47. The number of primary amides is 1. The van der Waals surface area contributed by atoms with Gasteiger partial charge in [-0.05, 0) is 24.0 Å². The minimum atomic E-state index is -0.570. The van der Waals surface area contributed by atoms with Crippen LogP contribution in [0.2, 0.25) is 0 Å². The van der Waals surface area contributed by atoms with E-state index in [1.165, 1.54) is 0 Å². The minimum Gasteiger partial charge on any atom is -0.369 e. The number of ether oxygens (including phenoxy) is 1. The summed E-state index contributed by atoms with van der Waals surface area (Å²) in [4.78, 5) is 24.3. The van der Waals surface area contributed by atoms with Gasteiger partial charge in [-0.3, -0.25) is 9.59 Å². The van der Waals surface area contributed by atoms with Gasteiger partial charge in [0, 0.05) is 11.8 Å². The Labute approximate surface area is 158 Å². The fraction of sp³-hybridized carbons (Fsp3) is 0.364. The maximum absolute atomic E-state index is 12.7. The van der Waals surface area contributed by atoms with Crippen molar-refractivity contribution in [2.75, 3.05) is 6.54 Å². The monoisotopic (exact) mass is 364 g/mol. The smallest absolute Gasteiger partial charge is 0.224 e. The van der Waals surface area contributed by atoms with E-state index < -0.39 is 5.60 Å². The third-order valence-corrected chi connectivity index (χ3v) is 5.80. The normalized spacial score (nSPS) is 29.3. The molecule has 27 heavy (non-hydrogen) atoms. The number of rotatable bonds is 6. The van der Waals surface area contributed by atoms with E-state index in [4.69, 9.17) is 10.5 Å². The lowest BCUT2D eigenvalue weighted by Gasteiger charge is -2.19. The number of carbonyl (C=O) groups excluding carboxylic acids is 2. The van der Waals surface area contributed by atoms with Crippen molar-refractivity contribution in [1.29, 1.82) is 0 Å². The van der Waals surface area contributed by atoms with Crippen LogP contribution in [0, 0.1) is 11.8 Å². The van der Waals surface area contributed by atoms with Crippen molar-refractivity contribution in [2.45, 2.75) is 31.0 Å². The molecule has 0 bridgehead atoms. The topological polar surface area (TPSA) is 84.7 Å². The predicted octanol–water partition coefficient (Wildman–Crippen LogP) is 2.67. The first-order chi connectivity index (χ1) is 13.1. The minimum absolute atomic E-state index is 0.100. The second kappa shape index (κ2) is 7.16. The van der Waals surface area contributed by atoms with Gasteiger partial charge in [-0.25, -0.2) is 0 Å². The van der Waals surface area contributed by atoms with E-state index in [2.05, 4.69) is 5.32 Å². The zero-order valence-corrected chi connectivity index (χ0v) is 15.1. The highest BCUT2D eigenvalue weighted by Crippen LogP contribution is 2.56. The average Bonchev–Trinajstić information content (AvgIpc) is 3.23. The molecule has 4 unspecified atom stereocenters. The van der Waals surface area contributed by atoms with Crippen LogP contribution < -0.4 is 11.1 Å². The lowest BCUT2D eigenvalue weighted by molar-refractivity contribution is -0.132. The number of nitrogens with two attached hydrogens (primary N) is 1. The largest absolute Gasteiger partial charge is 0.369 e. The van der Waals surface area contributed by atoms with E-state index in [0.717, 1.165) is 17.5 Å². The van der Waals surface area contributed by atoms with Gasteiger partial charge < -0.3 is 15.8 Å². The van der Waals surface area contributed by atoms with Crippen LogP contribution >= 0.6 is 0 Å². The molecule has 5 nitrogen and oxygen atoms in total. The summed E-state index contributed by atoms with van der Waals surface area (Å²) in [6, 6.07) is 20.0. The van der Waals surface area contributed by atoms with Crippen LogP contribution in [-0.4, -0.2) is 18.4 Å². The average molecular weight is 364 g/mol. The molecule has 4 rings (SSSR count). The summed E-state index contributed by atoms with van der Waals surface area (Å²) < 4.78 is 6.16. The molecule has 2 aromatic carbocycles. The van der Waals surface area contributed by atoms with E-state index in [9.17, 15) is 9.59 Å². The molecule has 0 radical (unpaired) electrons. The Morgan fingerprint density at radius 3 is 2.30 bits per heavy atom. The van der Waals surface area contributed by atoms with Gasteiger partial charge >= 0.3 is 0 Å². The fourth-order valence-electron chi connectivity index (χ4n) is 4.28. The van der Waals surface area contributed by atoms with E-state index >= 15 is 0 Å². The maximum Gasteiger partial charge on any atom is 0.224 e. The number of nitrogens with one attached hydrogen (secondary N) is 1. The van der Waals surface area contributed by atoms with Crippen LogP contribution in [0.1, 0.15) is 36.5 Å². The number of carbonyl (C=O) groups is 2. The maximum atomic E-state index is 12.7. The molecule has 2 amide bonds. The van der Waals surface area contributed by atoms with Gasteiger partial charge in [0.1, 0.15) is 11.7 Å². The Kier molecular flexibility index (Phi) is 4.70. The number of amides is 2. The molecular weight excluding hydrogens is 340 g/mol. The van der Waals surface area contributed by atoms with Gasteiger partial charge in [0.05, 0.1) is 6.54 Å². The van der Waals surface area contributed by atoms with Crippen LogP contribution in [0.5, 0.6) is 0 Å². The summed E-state index contributed by atoms with van der Waals surface area (Å²) in [5.41, 5.74) is 7.02. The number of epoxide rings is 1. The molecule has 2 aliphatic rings. The molecule has 5 heteroatoms. The van der Waals surface area contributed by atoms with Crippen LogP contribution in [0.15, 0.2) is 60.7 Å². The summed E-state index contributed by atoms with van der Waals surface area (Å²) in [7, 11) is 0. The number of hydrogen-bond donors (Lipinski definition) is 2. The molecule has 2 aromatic rings. The van der Waals surface area contributed by atoms with E-state index in [1.807, 2.05) is 60.7 Å². The summed E-state index contributed by atoms with van der Waals surface area (Å²) in [5, 5.41) is 3.04. The highest BCUT2D eigenvalue weighted by molar-refractivity contribution is 5.87. The molecule has 1 aliphatic heterocycles. The Morgan fingerprint density at radius 1 is 1.00 bits per heavy atom. The molecule has 1 saturated carbocycles. The van der Waals surface area contributed by atoms with Crippen molar-refractivity contribution >= 4 is 11.8 Å². The molecule has 1 saturated heterocycles. The van der Waals surface area contributed by atoms with Gasteiger partial charge in [-0.2, -0.15) is 0 Å². The zero-order valence-electron chi connectivity index (χ0n) is 15.1. The number of hydrogen-bond acceptors (Lipinski definition) is 3. The Hall–Kier alpha value is -2.66. The predicted molar refractivity (Wildman–Crippen MR) is 101 cm³/mol. The lowest BCUT2D eigenvalue weighted by Crippen LogP contribution is -2.41. The van der Waals surface area contributed by atoms with Gasteiger partial charge in [-0.1, -0.05) is 67.1 Å². The van der Waals surface area contributed by atoms with Crippen molar-refractivity contribution in [3.05, 3.63) is 71.8 Å². The third kappa shape index (κ3) is 3.35. The fourth-order valence-corrected chi connectivity index (χ4v) is 4.28. The second-order valence-corrected chi connectivity index (χ2v) is 7.43. The molecule has 2 fully saturated rings. The van der Waals surface area contributed by atoms with Gasteiger partial charge in [-0.15, -0.1) is 0 Å². The molecule has 4 atom stereocenters. The van der Waals surface area contributed by atoms with Crippen molar-refractivity contribution in [2.24, 2.45) is 17.6 Å². The van der Waals surface area contributed by atoms with Crippen LogP contribution in [0.3, 0.4) is 0 Å². The third-order valence-electron chi connectivity index (χ3n) is 5.80.